The van der Waals surface area contributed by atoms with Gasteiger partial charge in [-0.15, -0.1) is 0 Å². The average Bonchev–Trinajstić information content (AvgIpc) is 2.68. The third kappa shape index (κ3) is 4.08. The number of hydrogen-bond donors (Lipinski definition) is 1. The molecule has 9 heteroatoms. The van der Waals surface area contributed by atoms with E-state index in [2.05, 4.69) is 9.97 Å². The molecule has 1 heterocycles. The van der Waals surface area contributed by atoms with Crippen molar-refractivity contribution >= 4 is 21.9 Å². The van der Waals surface area contributed by atoms with Gasteiger partial charge in [-0.05, 0) is 49.6 Å². The fourth-order valence-electron chi connectivity index (χ4n) is 2.41. The van der Waals surface area contributed by atoms with Gasteiger partial charge in [0.05, 0.1) is 5.69 Å². The van der Waals surface area contributed by atoms with Crippen molar-refractivity contribution in [3.63, 3.8) is 0 Å². The molecule has 0 unspecified atom stereocenters. The van der Waals surface area contributed by atoms with Crippen molar-refractivity contribution < 1.29 is 12.6 Å². The number of rotatable bonds is 5. The Morgan fingerprint density at radius 3 is 2.32 bits per heavy atom. The summed E-state index contributed by atoms with van der Waals surface area (Å²) in [7, 11) is -3.96. The quantitative estimate of drug-likeness (QED) is 0.388. The molecule has 0 saturated heterocycles. The first-order valence-corrected chi connectivity index (χ1v) is 10.7. The van der Waals surface area contributed by atoms with Crippen LogP contribution in [0.15, 0.2) is 63.4 Å². The zero-order valence-corrected chi connectivity index (χ0v) is 16.6. The Kier molecular flexibility index (Phi) is 5.53. The smallest absolute Gasteiger partial charge is 0.339 e. The van der Waals surface area contributed by atoms with Gasteiger partial charge in [-0.1, -0.05) is 29.5 Å². The van der Waals surface area contributed by atoms with Crippen molar-refractivity contribution in [2.75, 3.05) is 6.26 Å². The number of nitrogens with zero attached hydrogens (tertiary/aromatic N) is 2. The van der Waals surface area contributed by atoms with Crippen LogP contribution in [0.4, 0.5) is 0 Å². The fraction of sp³-hybridized carbons (Fsp3) is 0.105. The molecule has 1 N–H and O–H groups in total. The molecular formula is C19H15N3O4S2. The second kappa shape index (κ2) is 7.88. The number of aryl methyl sites for hydroxylation is 1. The van der Waals surface area contributed by atoms with E-state index in [1.54, 1.807) is 30.5 Å². The summed E-state index contributed by atoms with van der Waals surface area (Å²) in [4.78, 5) is 18.9. The van der Waals surface area contributed by atoms with Crippen molar-refractivity contribution in [1.29, 1.82) is 5.26 Å². The molecule has 28 heavy (non-hydrogen) atoms. The topological polar surface area (TPSA) is 113 Å². The predicted molar refractivity (Wildman–Crippen MR) is 106 cm³/mol. The van der Waals surface area contributed by atoms with Crippen LogP contribution in [0, 0.1) is 18.3 Å². The van der Waals surface area contributed by atoms with E-state index in [0.717, 1.165) is 5.56 Å². The zero-order chi connectivity index (χ0) is 20.3. The number of nitrogens with one attached hydrogen (secondary N) is 1. The Hall–Kier alpha value is -3.09. The maximum absolute atomic E-state index is 12.4. The molecule has 0 bridgehead atoms. The molecule has 7 nitrogen and oxygen atoms in total. The van der Waals surface area contributed by atoms with E-state index < -0.39 is 15.7 Å². The average molecular weight is 413 g/mol. The summed E-state index contributed by atoms with van der Waals surface area (Å²) >= 11 is 1.24. The highest BCUT2D eigenvalue weighted by Crippen LogP contribution is 2.25. The molecule has 3 rings (SSSR count). The molecule has 0 fully saturated rings. The van der Waals surface area contributed by atoms with E-state index >= 15 is 0 Å². The van der Waals surface area contributed by atoms with Gasteiger partial charge in [0.2, 0.25) is 0 Å². The first-order chi connectivity index (χ1) is 13.3. The van der Waals surface area contributed by atoms with E-state index in [0.29, 0.717) is 10.7 Å². The van der Waals surface area contributed by atoms with E-state index in [9.17, 15) is 18.5 Å². The van der Waals surface area contributed by atoms with Gasteiger partial charge in [-0.3, -0.25) is 4.79 Å². The summed E-state index contributed by atoms with van der Waals surface area (Å²) < 4.78 is 29.9. The van der Waals surface area contributed by atoms with Crippen LogP contribution in [-0.2, 0) is 10.1 Å². The highest BCUT2D eigenvalue weighted by atomic mass is 32.2. The first-order valence-electron chi connectivity index (χ1n) is 8.04. The third-order valence-electron chi connectivity index (χ3n) is 3.85. The molecule has 0 aliphatic heterocycles. The fourth-order valence-corrected chi connectivity index (χ4v) is 3.72. The molecule has 2 aromatic carbocycles. The van der Waals surface area contributed by atoms with Gasteiger partial charge in [0.1, 0.15) is 22.3 Å². The van der Waals surface area contributed by atoms with E-state index in [-0.39, 0.29) is 21.9 Å². The largest absolute Gasteiger partial charge is 0.379 e. The van der Waals surface area contributed by atoms with Gasteiger partial charge in [0.15, 0.2) is 5.16 Å². The molecule has 0 aliphatic carbocycles. The number of aromatic nitrogens is 2. The first kappa shape index (κ1) is 19.7. The molecule has 0 amide bonds. The van der Waals surface area contributed by atoms with Crippen molar-refractivity contribution in [1.82, 2.24) is 9.97 Å². The summed E-state index contributed by atoms with van der Waals surface area (Å²) in [6.45, 7) is 1.86. The summed E-state index contributed by atoms with van der Waals surface area (Å²) in [6.07, 6.45) is 1.75. The van der Waals surface area contributed by atoms with Gasteiger partial charge in [0, 0.05) is 5.56 Å². The summed E-state index contributed by atoms with van der Waals surface area (Å²) in [5, 5.41) is 9.63. The highest BCUT2D eigenvalue weighted by molar-refractivity contribution is 7.98. The Labute approximate surface area is 166 Å². The maximum atomic E-state index is 12.4. The van der Waals surface area contributed by atoms with Crippen LogP contribution in [0.5, 0.6) is 5.75 Å². The number of hydrogen-bond acceptors (Lipinski definition) is 7. The SMILES string of the molecule is CSc1nc(-c2ccc(OS(=O)(=O)c3ccc(C)cc3)cc2)c(C#N)c(=O)[nH]1. The minimum atomic E-state index is -3.96. The van der Waals surface area contributed by atoms with Crippen molar-refractivity contribution in [3.8, 4) is 23.1 Å². The molecule has 0 spiro atoms. The number of aromatic amines is 1. The summed E-state index contributed by atoms with van der Waals surface area (Å²) in [5.41, 5.74) is 1.02. The zero-order valence-electron chi connectivity index (χ0n) is 15.0. The minimum absolute atomic E-state index is 0.0508. The standard InChI is InChI=1S/C19H15N3O4S2/c1-12-3-9-15(10-4-12)28(24,25)26-14-7-5-13(6-8-14)17-16(11-20)18(23)22-19(21-17)27-2/h3-10H,1-2H3,(H,21,22,23). The van der Waals surface area contributed by atoms with Crippen molar-refractivity contribution in [3.05, 3.63) is 70.0 Å². The van der Waals surface area contributed by atoms with Crippen molar-refractivity contribution in [2.45, 2.75) is 17.0 Å². The Balaban J connectivity index is 1.93. The van der Waals surface area contributed by atoms with Crippen LogP contribution in [0.3, 0.4) is 0 Å². The molecule has 3 aromatic rings. The molecule has 0 atom stereocenters. The molecule has 142 valence electrons. The van der Waals surface area contributed by atoms with Crippen LogP contribution in [0.1, 0.15) is 11.1 Å². The monoisotopic (exact) mass is 413 g/mol. The lowest BCUT2D eigenvalue weighted by Crippen LogP contribution is -2.14. The number of H-pyrrole nitrogens is 1. The van der Waals surface area contributed by atoms with Gasteiger partial charge >= 0.3 is 10.1 Å². The van der Waals surface area contributed by atoms with Gasteiger partial charge in [-0.25, -0.2) is 4.98 Å². The van der Waals surface area contributed by atoms with Crippen LogP contribution in [0.2, 0.25) is 0 Å². The number of thioether (sulfide) groups is 1. The summed E-state index contributed by atoms with van der Waals surface area (Å²) in [5.74, 6) is 0.109. The van der Waals surface area contributed by atoms with E-state index in [4.69, 9.17) is 4.18 Å². The maximum Gasteiger partial charge on any atom is 0.339 e. The third-order valence-corrected chi connectivity index (χ3v) is 5.69. The summed E-state index contributed by atoms with van der Waals surface area (Å²) in [6, 6.07) is 14.2. The van der Waals surface area contributed by atoms with Gasteiger partial charge < -0.3 is 9.17 Å². The number of nitriles is 1. The van der Waals surface area contributed by atoms with Crippen LogP contribution >= 0.6 is 11.8 Å². The molecule has 0 aliphatic rings. The molecule has 0 saturated carbocycles. The van der Waals surface area contributed by atoms with E-state index in [1.807, 2.05) is 13.0 Å². The highest BCUT2D eigenvalue weighted by Gasteiger charge is 2.17. The number of benzene rings is 2. The Morgan fingerprint density at radius 2 is 1.75 bits per heavy atom. The normalized spacial score (nSPS) is 11.0. The van der Waals surface area contributed by atoms with Crippen molar-refractivity contribution in [2.24, 2.45) is 0 Å². The second-order valence-electron chi connectivity index (χ2n) is 5.79. The van der Waals surface area contributed by atoms with Crippen LogP contribution in [0.25, 0.3) is 11.3 Å². The molecule has 1 aromatic heterocycles. The predicted octanol–water partition coefficient (Wildman–Crippen LogP) is 3.11. The van der Waals surface area contributed by atoms with Gasteiger partial charge in [-0.2, -0.15) is 13.7 Å². The Morgan fingerprint density at radius 1 is 1.11 bits per heavy atom. The Bertz CT molecular complexity index is 1210. The second-order valence-corrected chi connectivity index (χ2v) is 8.13. The molecule has 0 radical (unpaired) electrons. The minimum Gasteiger partial charge on any atom is -0.379 e. The van der Waals surface area contributed by atoms with E-state index in [1.165, 1.54) is 36.0 Å². The lowest BCUT2D eigenvalue weighted by molar-refractivity contribution is 0.486. The van der Waals surface area contributed by atoms with Crippen LogP contribution in [-0.4, -0.2) is 24.6 Å². The molecular weight excluding hydrogens is 398 g/mol. The van der Waals surface area contributed by atoms with Gasteiger partial charge in [0.25, 0.3) is 5.56 Å². The lowest BCUT2D eigenvalue weighted by Gasteiger charge is -2.09. The van der Waals surface area contributed by atoms with Crippen LogP contribution < -0.4 is 9.74 Å². The lowest BCUT2D eigenvalue weighted by atomic mass is 10.1.